The molecule has 3 N–H and O–H groups in total. The SMILES string of the molecule is O=C1CCC(Nc2ccc(N3CCN(CC4CCN(C(=O)CO)CC4)CC3)c(Cl)c2)C(=O)N1. The minimum absolute atomic E-state index is 0.169. The number of hydrogen-bond donors (Lipinski definition) is 3. The molecule has 3 aliphatic rings. The molecule has 10 heteroatoms. The Morgan fingerprint density at radius 2 is 1.82 bits per heavy atom. The molecule has 0 bridgehead atoms. The third-order valence-corrected chi connectivity index (χ3v) is 7.16. The van der Waals surface area contributed by atoms with Crippen LogP contribution in [0.25, 0.3) is 0 Å². The van der Waals surface area contributed by atoms with Gasteiger partial charge in [0.1, 0.15) is 12.6 Å². The number of aliphatic hydroxyl groups is 1. The van der Waals surface area contributed by atoms with E-state index in [2.05, 4.69) is 20.4 Å². The molecular weight excluding hydrogens is 446 g/mol. The first-order chi connectivity index (χ1) is 15.9. The highest BCUT2D eigenvalue weighted by atomic mass is 35.5. The molecule has 0 aromatic heterocycles. The summed E-state index contributed by atoms with van der Waals surface area (Å²) < 4.78 is 0. The Morgan fingerprint density at radius 3 is 2.45 bits per heavy atom. The summed E-state index contributed by atoms with van der Waals surface area (Å²) in [5.41, 5.74) is 1.75. The fourth-order valence-electron chi connectivity index (χ4n) is 4.89. The number of hydrogen-bond acceptors (Lipinski definition) is 7. The first-order valence-electron chi connectivity index (χ1n) is 11.7. The zero-order chi connectivity index (χ0) is 23.4. The molecule has 1 aromatic rings. The van der Waals surface area contributed by atoms with Crippen molar-refractivity contribution in [2.75, 3.05) is 62.6 Å². The van der Waals surface area contributed by atoms with E-state index >= 15 is 0 Å². The topological polar surface area (TPSA) is 105 Å². The van der Waals surface area contributed by atoms with Crippen molar-refractivity contribution in [1.29, 1.82) is 0 Å². The van der Waals surface area contributed by atoms with Gasteiger partial charge in [-0.3, -0.25) is 24.6 Å². The molecule has 3 aliphatic heterocycles. The molecule has 3 heterocycles. The average molecular weight is 478 g/mol. The van der Waals surface area contributed by atoms with Crippen LogP contribution in [0.3, 0.4) is 0 Å². The van der Waals surface area contributed by atoms with Gasteiger partial charge in [0.15, 0.2) is 0 Å². The summed E-state index contributed by atoms with van der Waals surface area (Å²) in [6.45, 7) is 5.81. The summed E-state index contributed by atoms with van der Waals surface area (Å²) in [5.74, 6) is -0.112. The molecule has 1 atom stereocenters. The first kappa shape index (κ1) is 23.8. The van der Waals surface area contributed by atoms with E-state index in [0.717, 1.165) is 70.0 Å². The molecule has 3 fully saturated rings. The summed E-state index contributed by atoms with van der Waals surface area (Å²) in [7, 11) is 0. The molecule has 1 unspecified atom stereocenters. The Hall–Kier alpha value is -2.36. The van der Waals surface area contributed by atoms with Gasteiger partial charge in [0.05, 0.1) is 10.7 Å². The first-order valence-corrected chi connectivity index (χ1v) is 12.1. The van der Waals surface area contributed by atoms with Crippen molar-refractivity contribution >= 4 is 40.7 Å². The standard InChI is InChI=1S/C23H32ClN5O4/c24-18-13-17(25-19-2-4-21(31)26-23(19)33)1-3-20(18)28-11-9-27(10-12-28)14-16-5-7-29(8-6-16)22(32)15-30/h1,3,13,16,19,25,30H,2,4-12,14-15H2,(H,26,31,33). The predicted octanol–water partition coefficient (Wildman–Crippen LogP) is 0.910. The van der Waals surface area contributed by atoms with E-state index in [-0.39, 0.29) is 17.7 Å². The number of halogens is 1. The Bertz CT molecular complexity index is 882. The smallest absolute Gasteiger partial charge is 0.249 e. The van der Waals surface area contributed by atoms with Crippen LogP contribution in [0.2, 0.25) is 5.02 Å². The second-order valence-corrected chi connectivity index (χ2v) is 9.49. The van der Waals surface area contributed by atoms with E-state index in [4.69, 9.17) is 16.7 Å². The number of amides is 3. The summed E-state index contributed by atoms with van der Waals surface area (Å²) in [6.07, 6.45) is 2.78. The number of rotatable bonds is 6. The van der Waals surface area contributed by atoms with Gasteiger partial charge in [0.2, 0.25) is 17.7 Å². The number of nitrogens with one attached hydrogen (secondary N) is 2. The lowest BCUT2D eigenvalue weighted by molar-refractivity contribution is -0.136. The highest BCUT2D eigenvalue weighted by molar-refractivity contribution is 6.33. The van der Waals surface area contributed by atoms with Gasteiger partial charge >= 0.3 is 0 Å². The average Bonchev–Trinajstić information content (AvgIpc) is 2.82. The number of aliphatic hydroxyl groups excluding tert-OH is 1. The van der Waals surface area contributed by atoms with Crippen LogP contribution in [0.4, 0.5) is 11.4 Å². The van der Waals surface area contributed by atoms with Crippen LogP contribution < -0.4 is 15.5 Å². The third-order valence-electron chi connectivity index (χ3n) is 6.86. The number of carbonyl (C=O) groups is 3. The van der Waals surface area contributed by atoms with Crippen molar-refractivity contribution in [3.63, 3.8) is 0 Å². The number of imide groups is 1. The Labute approximate surface area is 199 Å². The highest BCUT2D eigenvalue weighted by Crippen LogP contribution is 2.30. The van der Waals surface area contributed by atoms with E-state index in [1.54, 1.807) is 4.90 Å². The molecule has 4 rings (SSSR count). The number of nitrogens with zero attached hydrogens (tertiary/aromatic N) is 3. The van der Waals surface area contributed by atoms with E-state index < -0.39 is 12.6 Å². The summed E-state index contributed by atoms with van der Waals surface area (Å²) in [5, 5.41) is 15.2. The van der Waals surface area contributed by atoms with Gasteiger partial charge in [0, 0.05) is 57.9 Å². The van der Waals surface area contributed by atoms with Crippen LogP contribution >= 0.6 is 11.6 Å². The number of piperidine rings is 2. The minimum atomic E-state index is -0.429. The van der Waals surface area contributed by atoms with Crippen LogP contribution in [0.15, 0.2) is 18.2 Å². The van der Waals surface area contributed by atoms with Gasteiger partial charge in [0.25, 0.3) is 0 Å². The maximum atomic E-state index is 12.0. The van der Waals surface area contributed by atoms with Crippen molar-refractivity contribution in [3.8, 4) is 0 Å². The van der Waals surface area contributed by atoms with E-state index in [1.807, 2.05) is 18.2 Å². The summed E-state index contributed by atoms with van der Waals surface area (Å²) >= 11 is 6.58. The lowest BCUT2D eigenvalue weighted by Crippen LogP contribution is -2.49. The quantitative estimate of drug-likeness (QED) is 0.523. The fraction of sp³-hybridized carbons (Fsp3) is 0.609. The Kier molecular flexibility index (Phi) is 7.72. The molecule has 0 aliphatic carbocycles. The van der Waals surface area contributed by atoms with Crippen molar-refractivity contribution in [3.05, 3.63) is 23.2 Å². The normalized spacial score (nSPS) is 22.9. The summed E-state index contributed by atoms with van der Waals surface area (Å²) in [4.78, 5) is 41.4. The molecule has 33 heavy (non-hydrogen) atoms. The van der Waals surface area contributed by atoms with Crippen LogP contribution in [0.5, 0.6) is 0 Å². The molecule has 0 spiro atoms. The van der Waals surface area contributed by atoms with Crippen LogP contribution in [-0.2, 0) is 14.4 Å². The van der Waals surface area contributed by atoms with E-state index in [1.165, 1.54) is 0 Å². The molecule has 9 nitrogen and oxygen atoms in total. The van der Waals surface area contributed by atoms with Crippen molar-refractivity contribution in [2.45, 2.75) is 31.7 Å². The minimum Gasteiger partial charge on any atom is -0.387 e. The molecule has 3 amide bonds. The summed E-state index contributed by atoms with van der Waals surface area (Å²) in [6, 6.07) is 5.33. The monoisotopic (exact) mass is 477 g/mol. The van der Waals surface area contributed by atoms with Crippen LogP contribution in [0, 0.1) is 5.92 Å². The van der Waals surface area contributed by atoms with E-state index in [9.17, 15) is 14.4 Å². The van der Waals surface area contributed by atoms with Gasteiger partial charge in [-0.2, -0.15) is 0 Å². The van der Waals surface area contributed by atoms with Crippen molar-refractivity contribution in [1.82, 2.24) is 15.1 Å². The molecule has 0 radical (unpaired) electrons. The highest BCUT2D eigenvalue weighted by Gasteiger charge is 2.28. The number of benzene rings is 1. The maximum Gasteiger partial charge on any atom is 0.249 e. The van der Waals surface area contributed by atoms with Crippen LogP contribution in [0.1, 0.15) is 25.7 Å². The van der Waals surface area contributed by atoms with Gasteiger partial charge in [-0.15, -0.1) is 0 Å². The Balaban J connectivity index is 1.24. The lowest BCUT2D eigenvalue weighted by Gasteiger charge is -2.39. The molecule has 180 valence electrons. The Morgan fingerprint density at radius 1 is 1.09 bits per heavy atom. The predicted molar refractivity (Wildman–Crippen MR) is 126 cm³/mol. The number of likely N-dealkylation sites (tertiary alicyclic amines) is 1. The van der Waals surface area contributed by atoms with Crippen molar-refractivity contribution < 1.29 is 19.5 Å². The van der Waals surface area contributed by atoms with Gasteiger partial charge in [-0.1, -0.05) is 11.6 Å². The molecular formula is C23H32ClN5O4. The molecule has 0 saturated carbocycles. The lowest BCUT2D eigenvalue weighted by atomic mass is 9.96. The van der Waals surface area contributed by atoms with Gasteiger partial charge in [-0.05, 0) is 43.4 Å². The molecule has 1 aromatic carbocycles. The van der Waals surface area contributed by atoms with Gasteiger partial charge < -0.3 is 20.2 Å². The largest absolute Gasteiger partial charge is 0.387 e. The second kappa shape index (κ2) is 10.7. The van der Waals surface area contributed by atoms with E-state index in [0.29, 0.717) is 23.8 Å². The number of anilines is 2. The maximum absolute atomic E-state index is 12.0. The molecule has 3 saturated heterocycles. The van der Waals surface area contributed by atoms with Gasteiger partial charge in [-0.25, -0.2) is 0 Å². The van der Waals surface area contributed by atoms with Crippen LogP contribution in [-0.4, -0.2) is 91.1 Å². The fourth-order valence-corrected chi connectivity index (χ4v) is 5.19. The zero-order valence-corrected chi connectivity index (χ0v) is 19.5. The third kappa shape index (κ3) is 5.96. The van der Waals surface area contributed by atoms with Crippen molar-refractivity contribution in [2.24, 2.45) is 5.92 Å². The number of piperazine rings is 1. The zero-order valence-electron chi connectivity index (χ0n) is 18.8. The second-order valence-electron chi connectivity index (χ2n) is 9.08. The number of carbonyl (C=O) groups excluding carboxylic acids is 3.